The lowest BCUT2D eigenvalue weighted by Crippen LogP contribution is -2.23. The number of amides is 1. The lowest BCUT2D eigenvalue weighted by atomic mass is 9.95. The van der Waals surface area contributed by atoms with Crippen LogP contribution >= 0.6 is 11.3 Å². The van der Waals surface area contributed by atoms with Crippen molar-refractivity contribution in [2.24, 2.45) is 4.99 Å². The van der Waals surface area contributed by atoms with Crippen LogP contribution in [-0.2, 0) is 19.4 Å². The van der Waals surface area contributed by atoms with Gasteiger partial charge in [-0.2, -0.15) is 0 Å². The minimum atomic E-state index is -0.731. The van der Waals surface area contributed by atoms with E-state index in [1.54, 1.807) is 48.9 Å². The Kier molecular flexibility index (Phi) is 7.46. The number of nitro groups is 2. The van der Waals surface area contributed by atoms with E-state index >= 15 is 0 Å². The van der Waals surface area contributed by atoms with Gasteiger partial charge >= 0.3 is 5.69 Å². The van der Waals surface area contributed by atoms with Gasteiger partial charge in [0, 0.05) is 17.2 Å². The standard InChI is InChI=1S/C27H22N4O7S/c32-26(28-16-20-7-4-12-37-20)25-21-8-1-2-9-24(21)39-27(25)29-15-17-5-3-6-19(13-17)38-23-11-10-18(30(33)34)14-22(23)31(35)36/h3-7,10-15H,1-2,8-9,16H2,(H,28,32). The number of hydrogen-bond acceptors (Lipinski definition) is 9. The SMILES string of the molecule is O=C(NCc1ccco1)c1c(N=Cc2cccc(Oc3ccc([N+](=O)[O-])cc3[N+](=O)[O-])c2)sc2c1CCCC2. The van der Waals surface area contributed by atoms with E-state index in [4.69, 9.17) is 9.15 Å². The molecule has 0 unspecified atom stereocenters. The van der Waals surface area contributed by atoms with Crippen LogP contribution in [-0.4, -0.2) is 22.0 Å². The zero-order valence-corrected chi connectivity index (χ0v) is 21.3. The molecule has 12 heteroatoms. The Balaban J connectivity index is 1.39. The second-order valence-corrected chi connectivity index (χ2v) is 9.84. The molecule has 0 bridgehead atoms. The summed E-state index contributed by atoms with van der Waals surface area (Å²) in [5, 5.41) is 26.0. The predicted octanol–water partition coefficient (Wildman–Crippen LogP) is 6.51. The first-order valence-electron chi connectivity index (χ1n) is 12.1. The number of nitro benzene ring substituents is 2. The summed E-state index contributed by atoms with van der Waals surface area (Å²) in [6, 6.07) is 13.5. The number of benzene rings is 2. The molecule has 0 fully saturated rings. The fourth-order valence-corrected chi connectivity index (χ4v) is 5.54. The average molecular weight is 547 g/mol. The van der Waals surface area contributed by atoms with E-state index in [-0.39, 0.29) is 24.0 Å². The number of furan rings is 1. The molecule has 0 aliphatic heterocycles. The van der Waals surface area contributed by atoms with Gasteiger partial charge in [0.15, 0.2) is 0 Å². The van der Waals surface area contributed by atoms with Crippen molar-refractivity contribution in [3.05, 3.63) is 108 Å². The van der Waals surface area contributed by atoms with Gasteiger partial charge in [0.25, 0.3) is 11.6 Å². The predicted molar refractivity (Wildman–Crippen MR) is 144 cm³/mol. The molecule has 11 nitrogen and oxygen atoms in total. The molecule has 0 atom stereocenters. The third-order valence-electron chi connectivity index (χ3n) is 6.15. The van der Waals surface area contributed by atoms with E-state index in [0.717, 1.165) is 43.4 Å². The van der Waals surface area contributed by atoms with Gasteiger partial charge < -0.3 is 14.5 Å². The summed E-state index contributed by atoms with van der Waals surface area (Å²) < 4.78 is 11.0. The highest BCUT2D eigenvalue weighted by molar-refractivity contribution is 7.16. The number of carbonyl (C=O) groups excluding carboxylic acids is 1. The summed E-state index contributed by atoms with van der Waals surface area (Å²) >= 11 is 1.51. The number of rotatable bonds is 9. The van der Waals surface area contributed by atoms with Crippen molar-refractivity contribution in [3.8, 4) is 11.5 Å². The van der Waals surface area contributed by atoms with Crippen LogP contribution in [0.1, 0.15) is 45.0 Å². The smallest absolute Gasteiger partial charge is 0.318 e. The number of ether oxygens (including phenoxy) is 1. The Bertz CT molecular complexity index is 1580. The maximum Gasteiger partial charge on any atom is 0.318 e. The summed E-state index contributed by atoms with van der Waals surface area (Å²) in [5.41, 5.74) is 1.34. The quantitative estimate of drug-likeness (QED) is 0.143. The first-order valence-corrected chi connectivity index (χ1v) is 12.9. The second-order valence-electron chi connectivity index (χ2n) is 8.75. The monoisotopic (exact) mass is 546 g/mol. The molecule has 2 aromatic carbocycles. The van der Waals surface area contributed by atoms with Crippen molar-refractivity contribution in [2.75, 3.05) is 0 Å². The minimum absolute atomic E-state index is 0.124. The summed E-state index contributed by atoms with van der Waals surface area (Å²) in [6.45, 7) is 0.272. The largest absolute Gasteiger partial charge is 0.467 e. The minimum Gasteiger partial charge on any atom is -0.467 e. The molecule has 2 aromatic heterocycles. The van der Waals surface area contributed by atoms with E-state index in [2.05, 4.69) is 10.3 Å². The van der Waals surface area contributed by atoms with Gasteiger partial charge in [-0.15, -0.1) is 11.3 Å². The molecule has 4 aromatic rings. The van der Waals surface area contributed by atoms with Crippen LogP contribution in [0.25, 0.3) is 0 Å². The Morgan fingerprint density at radius 1 is 1.08 bits per heavy atom. The molecule has 1 aliphatic carbocycles. The number of nitrogens with zero attached hydrogens (tertiary/aromatic N) is 3. The van der Waals surface area contributed by atoms with E-state index in [1.165, 1.54) is 22.3 Å². The molecule has 1 aliphatic rings. The summed E-state index contributed by atoms with van der Waals surface area (Å²) in [7, 11) is 0. The summed E-state index contributed by atoms with van der Waals surface area (Å²) in [5.74, 6) is 0.613. The molecule has 1 N–H and O–H groups in total. The van der Waals surface area contributed by atoms with Crippen LogP contribution in [0.4, 0.5) is 16.4 Å². The fraction of sp³-hybridized carbons (Fsp3) is 0.185. The van der Waals surface area contributed by atoms with Crippen LogP contribution in [0.3, 0.4) is 0 Å². The Hall–Kier alpha value is -4.84. The van der Waals surface area contributed by atoms with E-state index < -0.39 is 21.2 Å². The Labute approximate surface area is 226 Å². The molecule has 198 valence electrons. The lowest BCUT2D eigenvalue weighted by Gasteiger charge is -2.12. The third kappa shape index (κ3) is 5.85. The molecule has 1 amide bonds. The number of thiophene rings is 1. The highest BCUT2D eigenvalue weighted by Crippen LogP contribution is 2.40. The molecule has 0 radical (unpaired) electrons. The van der Waals surface area contributed by atoms with Gasteiger partial charge in [-0.1, -0.05) is 12.1 Å². The first kappa shape index (κ1) is 25.8. The maximum atomic E-state index is 13.2. The summed E-state index contributed by atoms with van der Waals surface area (Å²) in [4.78, 5) is 40.0. The highest BCUT2D eigenvalue weighted by Gasteiger charge is 2.25. The number of carbonyl (C=O) groups is 1. The van der Waals surface area contributed by atoms with Gasteiger partial charge in [0.1, 0.15) is 16.5 Å². The van der Waals surface area contributed by atoms with E-state index in [1.807, 2.05) is 0 Å². The van der Waals surface area contributed by atoms with Crippen molar-refractivity contribution in [2.45, 2.75) is 32.2 Å². The number of aliphatic imine (C=N–C) groups is 1. The molecule has 2 heterocycles. The van der Waals surface area contributed by atoms with E-state index in [9.17, 15) is 25.0 Å². The molecule has 0 spiro atoms. The number of fused-ring (bicyclic) bond motifs is 1. The number of non-ortho nitro benzene ring substituents is 1. The van der Waals surface area contributed by atoms with Crippen LogP contribution in [0.5, 0.6) is 11.5 Å². The van der Waals surface area contributed by atoms with Crippen LogP contribution in [0.15, 0.2) is 70.3 Å². The average Bonchev–Trinajstić information content (AvgIpc) is 3.58. The van der Waals surface area contributed by atoms with Gasteiger partial charge in [0.05, 0.1) is 34.3 Å². The normalized spacial score (nSPS) is 12.7. The highest BCUT2D eigenvalue weighted by atomic mass is 32.1. The fourth-order valence-electron chi connectivity index (χ4n) is 4.31. The molecule has 0 saturated heterocycles. The van der Waals surface area contributed by atoms with Crippen molar-refractivity contribution < 1.29 is 23.8 Å². The van der Waals surface area contributed by atoms with Crippen molar-refractivity contribution in [1.29, 1.82) is 0 Å². The van der Waals surface area contributed by atoms with Gasteiger partial charge in [0.2, 0.25) is 5.75 Å². The van der Waals surface area contributed by atoms with Crippen LogP contribution in [0, 0.1) is 20.2 Å². The number of nitrogens with one attached hydrogen (secondary N) is 1. The molecular weight excluding hydrogens is 524 g/mol. The second kappa shape index (κ2) is 11.3. The molecule has 0 saturated carbocycles. The van der Waals surface area contributed by atoms with Crippen molar-refractivity contribution >= 4 is 39.8 Å². The zero-order valence-electron chi connectivity index (χ0n) is 20.5. The molecule has 5 rings (SSSR count). The van der Waals surface area contributed by atoms with Crippen molar-refractivity contribution in [3.63, 3.8) is 0 Å². The third-order valence-corrected chi connectivity index (χ3v) is 7.35. The Morgan fingerprint density at radius 2 is 1.92 bits per heavy atom. The molecule has 39 heavy (non-hydrogen) atoms. The topological polar surface area (TPSA) is 150 Å². The van der Waals surface area contributed by atoms with Crippen LogP contribution in [0.2, 0.25) is 0 Å². The van der Waals surface area contributed by atoms with Gasteiger partial charge in [-0.25, -0.2) is 4.99 Å². The Morgan fingerprint density at radius 3 is 2.69 bits per heavy atom. The molecular formula is C27H22N4O7S. The van der Waals surface area contributed by atoms with Gasteiger partial charge in [-0.05, 0) is 67.1 Å². The van der Waals surface area contributed by atoms with Crippen molar-refractivity contribution in [1.82, 2.24) is 5.32 Å². The van der Waals surface area contributed by atoms with E-state index in [0.29, 0.717) is 21.9 Å². The number of hydrogen-bond donors (Lipinski definition) is 1. The maximum absolute atomic E-state index is 13.2. The zero-order chi connectivity index (χ0) is 27.4. The first-order chi connectivity index (χ1) is 18.9. The summed E-state index contributed by atoms with van der Waals surface area (Å²) in [6.07, 6.45) is 6.98. The lowest BCUT2D eigenvalue weighted by molar-refractivity contribution is -0.394. The number of aryl methyl sites for hydroxylation is 1. The van der Waals surface area contributed by atoms with Crippen LogP contribution < -0.4 is 10.1 Å². The van der Waals surface area contributed by atoms with Gasteiger partial charge in [-0.3, -0.25) is 25.0 Å².